The van der Waals surface area contributed by atoms with Crippen LogP contribution in [0.5, 0.6) is 0 Å². The summed E-state index contributed by atoms with van der Waals surface area (Å²) in [5.74, 6) is 0.138. The molecule has 0 aromatic heterocycles. The lowest BCUT2D eigenvalue weighted by atomic mass is 9.79. The van der Waals surface area contributed by atoms with Gasteiger partial charge in [0.1, 0.15) is 0 Å². The molecule has 0 nitrogen and oxygen atoms in total. The summed E-state index contributed by atoms with van der Waals surface area (Å²) in [5.41, 5.74) is 14.5. The minimum atomic E-state index is -0.0270. The minimum absolute atomic E-state index is 0.0270. The Morgan fingerprint density at radius 2 is 0.800 bits per heavy atom. The third-order valence-corrected chi connectivity index (χ3v) is 8.64. The van der Waals surface area contributed by atoms with Gasteiger partial charge >= 0.3 is 0 Å². The zero-order valence-electron chi connectivity index (χ0n) is 23.0. The van der Waals surface area contributed by atoms with E-state index in [-0.39, 0.29) is 11.3 Å². The zero-order valence-corrected chi connectivity index (χ0v) is 23.0. The van der Waals surface area contributed by atoms with Crippen molar-refractivity contribution in [1.29, 1.82) is 0 Å². The van der Waals surface area contributed by atoms with E-state index in [0.29, 0.717) is 0 Å². The molecule has 1 aliphatic rings. The summed E-state index contributed by atoms with van der Waals surface area (Å²) in [5, 5.41) is 0. The Morgan fingerprint density at radius 1 is 0.375 bits per heavy atom. The van der Waals surface area contributed by atoms with Gasteiger partial charge in [-0.15, -0.1) is 0 Å². The summed E-state index contributed by atoms with van der Waals surface area (Å²) in [6, 6.07) is 55.6. The fourth-order valence-corrected chi connectivity index (χ4v) is 6.48. The van der Waals surface area contributed by atoms with E-state index in [2.05, 4.69) is 166 Å². The van der Waals surface area contributed by atoms with Crippen LogP contribution in [0.3, 0.4) is 0 Å². The van der Waals surface area contributed by atoms with E-state index in [4.69, 9.17) is 0 Å². The highest BCUT2D eigenvalue weighted by atomic mass is 14.4. The third-order valence-electron chi connectivity index (χ3n) is 8.64. The largest absolute Gasteiger partial charge is 0.0622 e. The first-order valence-corrected chi connectivity index (χ1v) is 14.1. The Hall–Kier alpha value is -4.68. The average molecular weight is 513 g/mol. The van der Waals surface area contributed by atoms with Gasteiger partial charge < -0.3 is 0 Å². The molecule has 6 aromatic rings. The van der Waals surface area contributed by atoms with Crippen molar-refractivity contribution in [1.82, 2.24) is 0 Å². The van der Waals surface area contributed by atoms with Crippen LogP contribution in [0, 0.1) is 0 Å². The molecule has 0 heteroatoms. The van der Waals surface area contributed by atoms with Crippen LogP contribution in [0.25, 0.3) is 33.4 Å². The van der Waals surface area contributed by atoms with Crippen molar-refractivity contribution >= 4 is 0 Å². The summed E-state index contributed by atoms with van der Waals surface area (Å²) >= 11 is 0. The van der Waals surface area contributed by atoms with E-state index in [9.17, 15) is 0 Å². The van der Waals surface area contributed by atoms with Crippen molar-refractivity contribution in [3.8, 4) is 33.4 Å². The van der Waals surface area contributed by atoms with Crippen molar-refractivity contribution in [3.63, 3.8) is 0 Å². The maximum Gasteiger partial charge on any atom is 0.0340 e. The predicted molar refractivity (Wildman–Crippen MR) is 169 cm³/mol. The number of fused-ring (bicyclic) bond motifs is 3. The summed E-state index contributed by atoms with van der Waals surface area (Å²) < 4.78 is 0. The van der Waals surface area contributed by atoms with Crippen LogP contribution < -0.4 is 0 Å². The number of hydrogen-bond donors (Lipinski definition) is 0. The van der Waals surface area contributed by atoms with E-state index in [1.807, 2.05) is 0 Å². The van der Waals surface area contributed by atoms with E-state index >= 15 is 0 Å². The fraction of sp³-hybridized carbons (Fsp3) is 0.100. The van der Waals surface area contributed by atoms with Gasteiger partial charge in [0.05, 0.1) is 0 Å². The van der Waals surface area contributed by atoms with Gasteiger partial charge in [-0.25, -0.2) is 0 Å². The molecule has 7 rings (SSSR count). The molecule has 0 unspecified atom stereocenters. The van der Waals surface area contributed by atoms with Gasteiger partial charge in [0, 0.05) is 11.3 Å². The van der Waals surface area contributed by atoms with E-state index in [0.717, 1.165) is 0 Å². The van der Waals surface area contributed by atoms with E-state index in [1.54, 1.807) is 0 Å². The molecule has 1 aliphatic carbocycles. The first-order chi connectivity index (χ1) is 19.6. The predicted octanol–water partition coefficient (Wildman–Crippen LogP) is 10.5. The third kappa shape index (κ3) is 4.17. The van der Waals surface area contributed by atoms with E-state index < -0.39 is 0 Å². The topological polar surface area (TPSA) is 0 Å². The van der Waals surface area contributed by atoms with E-state index in [1.165, 1.54) is 61.2 Å². The summed E-state index contributed by atoms with van der Waals surface area (Å²) in [6.45, 7) is 4.72. The van der Waals surface area contributed by atoms with Gasteiger partial charge in [0.15, 0.2) is 0 Å². The van der Waals surface area contributed by atoms with Gasteiger partial charge in [0.25, 0.3) is 0 Å². The maximum absolute atomic E-state index is 2.47. The van der Waals surface area contributed by atoms with Crippen LogP contribution >= 0.6 is 0 Å². The van der Waals surface area contributed by atoms with Crippen molar-refractivity contribution in [3.05, 3.63) is 179 Å². The summed E-state index contributed by atoms with van der Waals surface area (Å²) in [7, 11) is 0. The van der Waals surface area contributed by atoms with Crippen LogP contribution in [0.4, 0.5) is 0 Å². The van der Waals surface area contributed by atoms with Gasteiger partial charge in [-0.2, -0.15) is 0 Å². The van der Waals surface area contributed by atoms with Crippen molar-refractivity contribution in [2.45, 2.75) is 25.2 Å². The molecule has 0 radical (unpaired) electrons. The van der Waals surface area contributed by atoms with Gasteiger partial charge in [-0.1, -0.05) is 166 Å². The Morgan fingerprint density at radius 3 is 1.35 bits per heavy atom. The highest BCUT2D eigenvalue weighted by molar-refractivity contribution is 5.81. The monoisotopic (exact) mass is 512 g/mol. The Kier molecular flexibility index (Phi) is 5.98. The molecule has 0 saturated carbocycles. The Balaban J connectivity index is 1.34. The van der Waals surface area contributed by atoms with Crippen LogP contribution in [-0.2, 0) is 5.41 Å². The van der Waals surface area contributed by atoms with Crippen molar-refractivity contribution in [2.75, 3.05) is 0 Å². The molecule has 0 saturated heterocycles. The molecule has 6 aromatic carbocycles. The summed E-state index contributed by atoms with van der Waals surface area (Å²) in [4.78, 5) is 0. The Bertz CT molecular complexity index is 1690. The average Bonchev–Trinajstić information content (AvgIpc) is 3.25. The standard InChI is InChI=1S/C40H32/c1-40(2)37-16-10-9-15-35(37)36-26-25-34(27-38(36)40)39(32-21-17-30(18-22-32)28-11-5-3-6-12-28)33-23-19-31(20-24-33)29-13-7-4-8-14-29/h3-27,39H,1-2H3. The lowest BCUT2D eigenvalue weighted by Gasteiger charge is -2.25. The molecule has 0 fully saturated rings. The van der Waals surface area contributed by atoms with Crippen molar-refractivity contribution < 1.29 is 0 Å². The van der Waals surface area contributed by atoms with Gasteiger partial charge in [0.2, 0.25) is 0 Å². The maximum atomic E-state index is 2.47. The highest BCUT2D eigenvalue weighted by Gasteiger charge is 2.35. The molecule has 0 N–H and O–H groups in total. The smallest absolute Gasteiger partial charge is 0.0340 e. The minimum Gasteiger partial charge on any atom is -0.0622 e. The second-order valence-corrected chi connectivity index (χ2v) is 11.4. The molecule has 0 spiro atoms. The molecule has 0 aliphatic heterocycles. The molecule has 0 amide bonds. The quantitative estimate of drug-likeness (QED) is 0.202. The molecule has 0 heterocycles. The van der Waals surface area contributed by atoms with Gasteiger partial charge in [-0.05, 0) is 61.2 Å². The normalized spacial score (nSPS) is 13.2. The van der Waals surface area contributed by atoms with Crippen LogP contribution in [0.2, 0.25) is 0 Å². The lowest BCUT2D eigenvalue weighted by Crippen LogP contribution is -2.15. The number of rotatable bonds is 5. The second kappa shape index (κ2) is 9.81. The Labute approximate surface area is 237 Å². The zero-order chi connectivity index (χ0) is 27.1. The lowest BCUT2D eigenvalue weighted by molar-refractivity contribution is 0.659. The summed E-state index contributed by atoms with van der Waals surface area (Å²) in [6.07, 6.45) is 0. The SMILES string of the molecule is CC1(C)c2ccccc2-c2ccc(C(c3ccc(-c4ccccc4)cc3)c3ccc(-c4ccccc4)cc3)cc21. The number of hydrogen-bond acceptors (Lipinski definition) is 0. The fourth-order valence-electron chi connectivity index (χ4n) is 6.48. The first-order valence-electron chi connectivity index (χ1n) is 14.1. The molecule has 192 valence electrons. The molecule has 40 heavy (non-hydrogen) atoms. The highest BCUT2D eigenvalue weighted by Crippen LogP contribution is 2.50. The molecule has 0 bridgehead atoms. The molecular formula is C40H32. The van der Waals surface area contributed by atoms with Gasteiger partial charge in [-0.3, -0.25) is 0 Å². The molecular weight excluding hydrogens is 480 g/mol. The molecule has 0 atom stereocenters. The van der Waals surface area contributed by atoms with Crippen LogP contribution in [-0.4, -0.2) is 0 Å². The van der Waals surface area contributed by atoms with Crippen LogP contribution in [0.15, 0.2) is 152 Å². The van der Waals surface area contributed by atoms with Crippen LogP contribution in [0.1, 0.15) is 47.6 Å². The van der Waals surface area contributed by atoms with Crippen molar-refractivity contribution in [2.24, 2.45) is 0 Å². The second-order valence-electron chi connectivity index (χ2n) is 11.4. The number of benzene rings is 6. The first kappa shape index (κ1) is 24.4.